The first kappa shape index (κ1) is 10.2. The second kappa shape index (κ2) is 4.06. The molecule has 0 aliphatic carbocycles. The summed E-state index contributed by atoms with van der Waals surface area (Å²) in [4.78, 5) is 4.21. The molecule has 1 aromatic heterocycles. The molecule has 15 heavy (non-hydrogen) atoms. The Hall–Kier alpha value is -1.29. The molecule has 0 fully saturated rings. The van der Waals surface area contributed by atoms with Gasteiger partial charge in [0.1, 0.15) is 0 Å². The predicted octanol–water partition coefficient (Wildman–Crippen LogP) is 3.23. The van der Waals surface area contributed by atoms with Crippen LogP contribution in [0.3, 0.4) is 0 Å². The Labute approximate surface area is 97.3 Å². The van der Waals surface area contributed by atoms with Crippen molar-refractivity contribution in [3.05, 3.63) is 40.6 Å². The van der Waals surface area contributed by atoms with Crippen LogP contribution < -0.4 is 5.32 Å². The quantitative estimate of drug-likeness (QED) is 0.904. The van der Waals surface area contributed by atoms with Crippen LogP contribution in [-0.2, 0) is 7.05 Å². The van der Waals surface area contributed by atoms with Gasteiger partial charge in [0, 0.05) is 29.6 Å². The van der Waals surface area contributed by atoms with Crippen LogP contribution in [-0.4, -0.2) is 9.55 Å². The highest BCUT2D eigenvalue weighted by molar-refractivity contribution is 9.10. The third kappa shape index (κ3) is 2.39. The predicted molar refractivity (Wildman–Crippen MR) is 65.4 cm³/mol. The fourth-order valence-corrected chi connectivity index (χ4v) is 2.03. The van der Waals surface area contributed by atoms with Crippen molar-refractivity contribution in [2.75, 3.05) is 5.32 Å². The Morgan fingerprint density at radius 2 is 2.13 bits per heavy atom. The third-order valence-corrected chi connectivity index (χ3v) is 2.58. The molecule has 1 heterocycles. The number of rotatable bonds is 2. The minimum absolute atomic E-state index is 0.840. The minimum atomic E-state index is 0.840. The van der Waals surface area contributed by atoms with Crippen LogP contribution in [0.4, 0.5) is 11.6 Å². The van der Waals surface area contributed by atoms with E-state index >= 15 is 0 Å². The van der Waals surface area contributed by atoms with Gasteiger partial charge in [-0.1, -0.05) is 15.9 Å². The zero-order valence-electron chi connectivity index (χ0n) is 8.66. The fourth-order valence-electron chi connectivity index (χ4n) is 1.42. The first-order valence-corrected chi connectivity index (χ1v) is 5.46. The average molecular weight is 266 g/mol. The number of aryl methyl sites for hydroxylation is 2. The Kier molecular flexibility index (Phi) is 2.77. The second-order valence-corrected chi connectivity index (χ2v) is 4.42. The van der Waals surface area contributed by atoms with E-state index in [0.717, 1.165) is 16.1 Å². The zero-order chi connectivity index (χ0) is 10.8. The van der Waals surface area contributed by atoms with Gasteiger partial charge in [0.25, 0.3) is 0 Å². The maximum atomic E-state index is 4.21. The van der Waals surface area contributed by atoms with Crippen LogP contribution >= 0.6 is 15.9 Å². The maximum Gasteiger partial charge on any atom is 0.207 e. The number of halogens is 1. The Morgan fingerprint density at radius 1 is 1.33 bits per heavy atom. The number of nitrogens with one attached hydrogen (secondary N) is 1. The Morgan fingerprint density at radius 3 is 2.73 bits per heavy atom. The fraction of sp³-hybridized carbons (Fsp3) is 0.182. The van der Waals surface area contributed by atoms with E-state index < -0.39 is 0 Å². The van der Waals surface area contributed by atoms with Crippen LogP contribution in [0.15, 0.2) is 35.1 Å². The second-order valence-electron chi connectivity index (χ2n) is 3.50. The van der Waals surface area contributed by atoms with Crippen LogP contribution in [0.25, 0.3) is 0 Å². The van der Waals surface area contributed by atoms with Crippen LogP contribution in [0.2, 0.25) is 0 Å². The number of anilines is 2. The van der Waals surface area contributed by atoms with Crippen molar-refractivity contribution in [2.24, 2.45) is 7.05 Å². The highest BCUT2D eigenvalue weighted by atomic mass is 79.9. The molecule has 0 saturated carbocycles. The normalized spacial score (nSPS) is 10.3. The molecule has 0 saturated heterocycles. The van der Waals surface area contributed by atoms with Gasteiger partial charge in [-0.2, -0.15) is 0 Å². The average Bonchev–Trinajstić information content (AvgIpc) is 2.50. The van der Waals surface area contributed by atoms with Crippen molar-refractivity contribution in [2.45, 2.75) is 6.92 Å². The van der Waals surface area contributed by atoms with Crippen molar-refractivity contribution >= 4 is 27.6 Å². The van der Waals surface area contributed by atoms with Gasteiger partial charge < -0.3 is 9.88 Å². The topological polar surface area (TPSA) is 29.9 Å². The van der Waals surface area contributed by atoms with Crippen LogP contribution in [0, 0.1) is 6.92 Å². The number of hydrogen-bond donors (Lipinski definition) is 1. The molecule has 4 heteroatoms. The summed E-state index contributed by atoms with van der Waals surface area (Å²) in [7, 11) is 1.96. The number of imidazole rings is 1. The number of benzene rings is 1. The van der Waals surface area contributed by atoms with E-state index in [9.17, 15) is 0 Å². The number of aromatic nitrogens is 2. The lowest BCUT2D eigenvalue weighted by molar-refractivity contribution is 0.924. The molecule has 0 aliphatic heterocycles. The summed E-state index contributed by atoms with van der Waals surface area (Å²) in [5, 5.41) is 3.26. The molecule has 1 aromatic carbocycles. The monoisotopic (exact) mass is 265 g/mol. The molecule has 2 rings (SSSR count). The van der Waals surface area contributed by atoms with Gasteiger partial charge in [-0.25, -0.2) is 4.98 Å². The van der Waals surface area contributed by atoms with Gasteiger partial charge in [0.05, 0.1) is 0 Å². The summed E-state index contributed by atoms with van der Waals surface area (Å²) in [5.74, 6) is 0.840. The minimum Gasteiger partial charge on any atom is -0.326 e. The molecule has 0 radical (unpaired) electrons. The van der Waals surface area contributed by atoms with Gasteiger partial charge in [0.15, 0.2) is 0 Å². The summed E-state index contributed by atoms with van der Waals surface area (Å²) in [5.41, 5.74) is 2.25. The van der Waals surface area contributed by atoms with Crippen molar-refractivity contribution < 1.29 is 0 Å². The van der Waals surface area contributed by atoms with Crippen molar-refractivity contribution in [3.63, 3.8) is 0 Å². The number of hydrogen-bond acceptors (Lipinski definition) is 2. The van der Waals surface area contributed by atoms with E-state index in [-0.39, 0.29) is 0 Å². The zero-order valence-corrected chi connectivity index (χ0v) is 10.2. The molecule has 0 amide bonds. The van der Waals surface area contributed by atoms with Gasteiger partial charge >= 0.3 is 0 Å². The Bertz CT molecular complexity index is 456. The van der Waals surface area contributed by atoms with E-state index in [1.54, 1.807) is 6.20 Å². The van der Waals surface area contributed by atoms with Crippen LogP contribution in [0.1, 0.15) is 5.56 Å². The summed E-state index contributed by atoms with van der Waals surface area (Å²) >= 11 is 3.47. The molecule has 0 unspecified atom stereocenters. The van der Waals surface area contributed by atoms with Crippen LogP contribution in [0.5, 0.6) is 0 Å². The maximum absolute atomic E-state index is 4.21. The first-order chi connectivity index (χ1) is 7.15. The highest BCUT2D eigenvalue weighted by Crippen LogP contribution is 2.21. The lowest BCUT2D eigenvalue weighted by Gasteiger charge is -2.07. The molecule has 0 spiro atoms. The smallest absolute Gasteiger partial charge is 0.207 e. The molecule has 2 aromatic rings. The van der Waals surface area contributed by atoms with E-state index in [2.05, 4.69) is 45.3 Å². The Balaban J connectivity index is 2.28. The summed E-state index contributed by atoms with van der Waals surface area (Å²) in [6.45, 7) is 2.06. The number of nitrogens with zero attached hydrogens (tertiary/aromatic N) is 2. The lowest BCUT2D eigenvalue weighted by Crippen LogP contribution is -1.98. The molecular weight excluding hydrogens is 254 g/mol. The standard InChI is InChI=1S/C11H12BrN3/c1-8-5-9(12)7-10(6-8)14-11-13-3-4-15(11)2/h3-7H,1-2H3,(H,13,14). The summed E-state index contributed by atoms with van der Waals surface area (Å²) < 4.78 is 3.01. The molecular formula is C11H12BrN3. The van der Waals surface area contributed by atoms with Gasteiger partial charge in [0.2, 0.25) is 5.95 Å². The summed E-state index contributed by atoms with van der Waals surface area (Å²) in [6.07, 6.45) is 3.68. The SMILES string of the molecule is Cc1cc(Br)cc(Nc2nccn2C)c1. The molecule has 0 bridgehead atoms. The van der Waals surface area contributed by atoms with E-state index in [4.69, 9.17) is 0 Å². The third-order valence-electron chi connectivity index (χ3n) is 2.12. The molecule has 78 valence electrons. The van der Waals surface area contributed by atoms with Crippen molar-refractivity contribution in [3.8, 4) is 0 Å². The van der Waals surface area contributed by atoms with E-state index in [1.165, 1.54) is 5.56 Å². The van der Waals surface area contributed by atoms with Gasteiger partial charge in [-0.3, -0.25) is 0 Å². The van der Waals surface area contributed by atoms with E-state index in [0.29, 0.717) is 0 Å². The lowest BCUT2D eigenvalue weighted by atomic mass is 10.2. The van der Waals surface area contributed by atoms with Crippen molar-refractivity contribution in [1.82, 2.24) is 9.55 Å². The van der Waals surface area contributed by atoms with E-state index in [1.807, 2.05) is 23.9 Å². The van der Waals surface area contributed by atoms with Gasteiger partial charge in [-0.05, 0) is 30.7 Å². The van der Waals surface area contributed by atoms with Crippen molar-refractivity contribution in [1.29, 1.82) is 0 Å². The molecule has 3 nitrogen and oxygen atoms in total. The van der Waals surface area contributed by atoms with Gasteiger partial charge in [-0.15, -0.1) is 0 Å². The molecule has 1 N–H and O–H groups in total. The molecule has 0 atom stereocenters. The molecule has 0 aliphatic rings. The summed E-state index contributed by atoms with van der Waals surface area (Å²) in [6, 6.07) is 6.19. The first-order valence-electron chi connectivity index (χ1n) is 4.67. The highest BCUT2D eigenvalue weighted by Gasteiger charge is 2.00. The largest absolute Gasteiger partial charge is 0.326 e.